The van der Waals surface area contributed by atoms with Crippen LogP contribution in [0.4, 0.5) is 11.8 Å². The fourth-order valence-electron chi connectivity index (χ4n) is 5.33. The number of piperidine rings is 1. The van der Waals surface area contributed by atoms with E-state index >= 15 is 0 Å². The molecule has 1 aliphatic heterocycles. The number of rotatable bonds is 12. The second kappa shape index (κ2) is 12.2. The number of ether oxygens (including phenoxy) is 1. The quantitative estimate of drug-likeness (QED) is 0.278. The maximum Gasteiger partial charge on any atom is 0.222 e. The van der Waals surface area contributed by atoms with Crippen molar-refractivity contribution in [2.45, 2.75) is 77.0 Å². The third-order valence-electron chi connectivity index (χ3n) is 7.05. The molecule has 11 heteroatoms. The van der Waals surface area contributed by atoms with E-state index in [1.807, 2.05) is 24.6 Å². The predicted octanol–water partition coefficient (Wildman–Crippen LogP) is 2.77. The minimum atomic E-state index is -0.693. The van der Waals surface area contributed by atoms with Crippen LogP contribution in [-0.2, 0) is 6.54 Å². The van der Waals surface area contributed by atoms with E-state index in [0.717, 1.165) is 55.7 Å². The van der Waals surface area contributed by atoms with Gasteiger partial charge >= 0.3 is 0 Å². The molecule has 3 aromatic rings. The van der Waals surface area contributed by atoms with Gasteiger partial charge in [-0.3, -0.25) is 9.67 Å². The summed E-state index contributed by atoms with van der Waals surface area (Å²) in [7, 11) is 1.65. The van der Waals surface area contributed by atoms with Gasteiger partial charge in [0.15, 0.2) is 5.82 Å². The molecule has 0 bridgehead atoms. The van der Waals surface area contributed by atoms with Crippen LogP contribution >= 0.6 is 0 Å². The van der Waals surface area contributed by atoms with Crippen molar-refractivity contribution in [3.8, 4) is 5.75 Å². The maximum absolute atomic E-state index is 10.2. The van der Waals surface area contributed by atoms with Gasteiger partial charge in [0.05, 0.1) is 25.5 Å². The molecule has 4 rings (SSSR count). The smallest absolute Gasteiger partial charge is 0.222 e. The van der Waals surface area contributed by atoms with Gasteiger partial charge in [-0.15, -0.1) is 0 Å². The molecule has 0 amide bonds. The number of nitrogens with two attached hydrogens (primary N) is 1. The third-order valence-corrected chi connectivity index (χ3v) is 7.05. The summed E-state index contributed by atoms with van der Waals surface area (Å²) in [5.41, 5.74) is 8.54. The number of aliphatic hydroxyl groups is 2. The molecule has 1 fully saturated rings. The highest BCUT2D eigenvalue weighted by Crippen LogP contribution is 2.31. The Bertz CT molecular complexity index is 1190. The molecule has 0 aliphatic carbocycles. The van der Waals surface area contributed by atoms with Gasteiger partial charge in [0.2, 0.25) is 5.95 Å². The van der Waals surface area contributed by atoms with E-state index in [-0.39, 0.29) is 18.6 Å². The van der Waals surface area contributed by atoms with Crippen LogP contribution in [0, 0.1) is 0 Å². The zero-order valence-corrected chi connectivity index (χ0v) is 23.0. The lowest BCUT2D eigenvalue weighted by Crippen LogP contribution is -2.42. The average molecular weight is 527 g/mol. The molecule has 5 N–H and O–H groups in total. The number of likely N-dealkylation sites (tertiary alicyclic amines) is 1. The van der Waals surface area contributed by atoms with E-state index in [2.05, 4.69) is 38.3 Å². The number of nitrogen functional groups attached to an aromatic ring is 1. The number of anilines is 2. The first-order chi connectivity index (χ1) is 18.2. The van der Waals surface area contributed by atoms with Crippen molar-refractivity contribution in [3.63, 3.8) is 0 Å². The molecule has 38 heavy (non-hydrogen) atoms. The Morgan fingerprint density at radius 2 is 1.95 bits per heavy atom. The van der Waals surface area contributed by atoms with Crippen LogP contribution in [0.25, 0.3) is 11.0 Å². The molecular weight excluding hydrogens is 484 g/mol. The van der Waals surface area contributed by atoms with Gasteiger partial charge in [-0.05, 0) is 64.8 Å². The van der Waals surface area contributed by atoms with Gasteiger partial charge in [0, 0.05) is 30.8 Å². The molecule has 1 unspecified atom stereocenters. The van der Waals surface area contributed by atoms with Crippen LogP contribution < -0.4 is 15.8 Å². The molecule has 208 valence electrons. The van der Waals surface area contributed by atoms with E-state index in [1.165, 1.54) is 0 Å². The Kier molecular flexibility index (Phi) is 9.01. The number of fused-ring (bicyclic) bond motifs is 1. The van der Waals surface area contributed by atoms with E-state index in [0.29, 0.717) is 42.5 Å². The van der Waals surface area contributed by atoms with Gasteiger partial charge in [0.1, 0.15) is 22.5 Å². The lowest BCUT2D eigenvalue weighted by atomic mass is 9.92. The molecule has 4 heterocycles. The second-order valence-corrected chi connectivity index (χ2v) is 10.9. The minimum absolute atomic E-state index is 0.0594. The normalized spacial score (nSPS) is 16.2. The summed E-state index contributed by atoms with van der Waals surface area (Å²) >= 11 is 0. The fraction of sp³-hybridized carbons (Fsp3) is 0.630. The maximum atomic E-state index is 10.2. The highest BCUT2D eigenvalue weighted by molar-refractivity contribution is 5.86. The van der Waals surface area contributed by atoms with Crippen molar-refractivity contribution in [2.75, 3.05) is 44.4 Å². The first-order valence-corrected chi connectivity index (χ1v) is 13.6. The summed E-state index contributed by atoms with van der Waals surface area (Å²) in [6.45, 7) is 8.84. The fourth-order valence-corrected chi connectivity index (χ4v) is 5.33. The summed E-state index contributed by atoms with van der Waals surface area (Å²) < 4.78 is 7.50. The van der Waals surface area contributed by atoms with Crippen LogP contribution in [0.15, 0.2) is 18.3 Å². The van der Waals surface area contributed by atoms with E-state index in [4.69, 9.17) is 15.5 Å². The van der Waals surface area contributed by atoms with Crippen LogP contribution in [0.2, 0.25) is 0 Å². The number of nitrogens with zero attached hydrogens (tertiary/aromatic N) is 6. The Labute approximate surface area is 224 Å². The zero-order valence-electron chi connectivity index (χ0n) is 23.0. The predicted molar refractivity (Wildman–Crippen MR) is 148 cm³/mol. The number of hydrogen-bond acceptors (Lipinski definition) is 10. The van der Waals surface area contributed by atoms with Gasteiger partial charge in [-0.1, -0.05) is 13.3 Å². The molecule has 1 atom stereocenters. The van der Waals surface area contributed by atoms with Crippen molar-refractivity contribution in [2.24, 2.45) is 0 Å². The summed E-state index contributed by atoms with van der Waals surface area (Å²) in [5, 5.41) is 27.8. The number of β-amino-alcohol motifs (C(OH)–C–C–N with tert-alkyl or cyclic N) is 1. The van der Waals surface area contributed by atoms with Gasteiger partial charge in [-0.25, -0.2) is 4.98 Å². The number of aliphatic hydroxyl groups excluding tert-OH is 1. The van der Waals surface area contributed by atoms with Gasteiger partial charge in [0.25, 0.3) is 0 Å². The van der Waals surface area contributed by atoms with Crippen molar-refractivity contribution >= 4 is 22.8 Å². The molecule has 0 saturated carbocycles. The highest BCUT2D eigenvalue weighted by Gasteiger charge is 2.26. The summed E-state index contributed by atoms with van der Waals surface area (Å²) in [4.78, 5) is 16.2. The number of nitrogens with one attached hydrogen (secondary N) is 1. The monoisotopic (exact) mass is 526 g/mol. The summed E-state index contributed by atoms with van der Waals surface area (Å²) in [5.74, 6) is 1.83. The standard InChI is InChI=1S/C27H42N8O3/c1-5-6-19(11-14-36)30-25-24-21(32-26(28)33-25)15-29-35(24)16-22-23(38-4)8-7-20(31-22)18-9-12-34(13-10-18)17-27(2,3)37/h7-8,15,18-19,36-37H,5-6,9-14,16-17H2,1-4H3,(H3,28,30,32,33). The summed E-state index contributed by atoms with van der Waals surface area (Å²) in [6.07, 6.45) is 6.15. The molecule has 0 radical (unpaired) electrons. The Morgan fingerprint density at radius 1 is 1.18 bits per heavy atom. The number of methoxy groups -OCH3 is 1. The molecule has 11 nitrogen and oxygen atoms in total. The molecule has 1 aliphatic rings. The van der Waals surface area contributed by atoms with E-state index < -0.39 is 5.60 Å². The SMILES string of the molecule is CCCC(CCO)Nc1nc(N)nc2cnn(Cc3nc(C4CCN(CC(C)(C)O)CC4)ccc3OC)c12. The Morgan fingerprint density at radius 3 is 2.61 bits per heavy atom. The molecule has 0 aromatic carbocycles. The third kappa shape index (κ3) is 6.89. The van der Waals surface area contributed by atoms with Gasteiger partial charge < -0.3 is 30.9 Å². The first kappa shape index (κ1) is 28.0. The lowest BCUT2D eigenvalue weighted by Gasteiger charge is -2.35. The van der Waals surface area contributed by atoms with Crippen molar-refractivity contribution in [1.29, 1.82) is 0 Å². The zero-order chi connectivity index (χ0) is 27.3. The van der Waals surface area contributed by atoms with Crippen LogP contribution in [-0.4, -0.2) is 84.8 Å². The minimum Gasteiger partial charge on any atom is -0.495 e. The highest BCUT2D eigenvalue weighted by atomic mass is 16.5. The number of pyridine rings is 1. The Balaban J connectivity index is 1.59. The van der Waals surface area contributed by atoms with Crippen molar-refractivity contribution in [3.05, 3.63) is 29.7 Å². The van der Waals surface area contributed by atoms with Crippen LogP contribution in [0.5, 0.6) is 5.75 Å². The van der Waals surface area contributed by atoms with Crippen molar-refractivity contribution in [1.82, 2.24) is 29.6 Å². The average Bonchev–Trinajstić information content (AvgIpc) is 3.26. The second-order valence-electron chi connectivity index (χ2n) is 10.9. The van der Waals surface area contributed by atoms with Crippen LogP contribution in [0.1, 0.15) is 70.2 Å². The van der Waals surface area contributed by atoms with Crippen LogP contribution in [0.3, 0.4) is 0 Å². The lowest BCUT2D eigenvalue weighted by molar-refractivity contribution is 0.0280. The Hall–Kier alpha value is -3.02. The van der Waals surface area contributed by atoms with E-state index in [1.54, 1.807) is 13.3 Å². The van der Waals surface area contributed by atoms with Crippen molar-refractivity contribution < 1.29 is 14.9 Å². The summed E-state index contributed by atoms with van der Waals surface area (Å²) in [6, 6.07) is 4.10. The molecule has 3 aromatic heterocycles. The molecule has 1 saturated heterocycles. The largest absolute Gasteiger partial charge is 0.495 e. The topological polar surface area (TPSA) is 147 Å². The van der Waals surface area contributed by atoms with Gasteiger partial charge in [-0.2, -0.15) is 10.1 Å². The number of aromatic nitrogens is 5. The number of hydrogen-bond donors (Lipinski definition) is 4. The molecule has 0 spiro atoms. The first-order valence-electron chi connectivity index (χ1n) is 13.6. The molecular formula is C27H42N8O3. The van der Waals surface area contributed by atoms with E-state index in [9.17, 15) is 10.2 Å².